The number of benzene rings is 1. The van der Waals surface area contributed by atoms with E-state index in [1.54, 1.807) is 0 Å². The Bertz CT molecular complexity index is 512. The van der Waals surface area contributed by atoms with Crippen LogP contribution in [0.15, 0.2) is 18.5 Å². The highest BCUT2D eigenvalue weighted by atomic mass is 35.5. The molecule has 17 heavy (non-hydrogen) atoms. The van der Waals surface area contributed by atoms with Gasteiger partial charge >= 0.3 is 0 Å². The number of aromatic nitrogens is 2. The summed E-state index contributed by atoms with van der Waals surface area (Å²) >= 11 is 6.14. The molecule has 0 N–H and O–H groups in total. The Hall–Kier alpha value is -1.02. The summed E-state index contributed by atoms with van der Waals surface area (Å²) in [6, 6.07) is 4.75. The molecular weight excluding hydrogens is 232 g/mol. The van der Waals surface area contributed by atoms with Crippen LogP contribution < -0.4 is 0 Å². The zero-order chi connectivity index (χ0) is 12.4. The van der Waals surface area contributed by atoms with E-state index in [1.165, 1.54) is 24.8 Å². The van der Waals surface area contributed by atoms with Gasteiger partial charge in [-0.25, -0.2) is 4.98 Å². The maximum atomic E-state index is 6.14. The predicted molar refractivity (Wildman–Crippen MR) is 73.7 cm³/mol. The van der Waals surface area contributed by atoms with E-state index in [2.05, 4.69) is 15.6 Å². The first-order valence-electron chi connectivity index (χ1n) is 6.38. The van der Waals surface area contributed by atoms with Crippen LogP contribution in [0.3, 0.4) is 0 Å². The third-order valence-electron chi connectivity index (χ3n) is 3.32. The van der Waals surface area contributed by atoms with E-state index in [0.717, 1.165) is 16.1 Å². The quantitative estimate of drug-likeness (QED) is 0.714. The maximum absolute atomic E-state index is 6.14. The van der Waals surface area contributed by atoms with Crippen LogP contribution in [0.5, 0.6) is 0 Å². The minimum absolute atomic E-state index is 0.647. The van der Waals surface area contributed by atoms with E-state index in [4.69, 9.17) is 11.6 Å². The van der Waals surface area contributed by atoms with Gasteiger partial charge in [0.05, 0.1) is 17.4 Å². The fourth-order valence-electron chi connectivity index (χ4n) is 2.11. The number of halogens is 1. The van der Waals surface area contributed by atoms with E-state index < -0.39 is 0 Å². The van der Waals surface area contributed by atoms with Gasteiger partial charge in [-0.2, -0.15) is 0 Å². The van der Waals surface area contributed by atoms with Crippen LogP contribution in [0.1, 0.15) is 44.7 Å². The second kappa shape index (κ2) is 5.09. The lowest BCUT2D eigenvalue weighted by Gasteiger charge is -2.27. The molecule has 92 valence electrons. The molecule has 2 nitrogen and oxygen atoms in total. The molecule has 1 heterocycles. The lowest BCUT2D eigenvalue weighted by molar-refractivity contribution is 0.320. The van der Waals surface area contributed by atoms with Crippen molar-refractivity contribution in [3.05, 3.63) is 29.0 Å². The molecule has 1 aromatic carbocycles. The monoisotopic (exact) mass is 250 g/mol. The molecule has 0 bridgehead atoms. The van der Waals surface area contributed by atoms with Gasteiger partial charge in [0.1, 0.15) is 0 Å². The lowest BCUT2D eigenvalue weighted by atomic mass is 9.93. The van der Waals surface area contributed by atoms with Crippen molar-refractivity contribution >= 4 is 22.6 Å². The van der Waals surface area contributed by atoms with E-state index in [9.17, 15) is 0 Å². The van der Waals surface area contributed by atoms with Crippen LogP contribution in [-0.2, 0) is 0 Å². The van der Waals surface area contributed by atoms with Gasteiger partial charge in [-0.05, 0) is 43.9 Å². The Morgan fingerprint density at radius 3 is 2.59 bits per heavy atom. The summed E-state index contributed by atoms with van der Waals surface area (Å²) in [5.41, 5.74) is 3.34. The van der Waals surface area contributed by atoms with Gasteiger partial charge in [0, 0.05) is 11.1 Å². The summed E-state index contributed by atoms with van der Waals surface area (Å²) in [5.74, 6) is 0. The Labute approximate surface area is 108 Å². The number of hydrogen-bond donors (Lipinski definition) is 0. The molecule has 1 aliphatic rings. The molecule has 0 saturated heterocycles. The van der Waals surface area contributed by atoms with E-state index in [-0.39, 0.29) is 0 Å². The van der Waals surface area contributed by atoms with Crippen molar-refractivity contribution in [2.45, 2.75) is 46.1 Å². The van der Waals surface area contributed by atoms with Crippen LogP contribution in [0.2, 0.25) is 5.02 Å². The molecule has 1 aliphatic carbocycles. The first-order valence-corrected chi connectivity index (χ1v) is 6.76. The molecule has 1 saturated carbocycles. The zero-order valence-corrected chi connectivity index (χ0v) is 11.5. The molecule has 0 aliphatic heterocycles. The molecule has 2 aromatic rings. The molecule has 1 fully saturated rings. The van der Waals surface area contributed by atoms with Gasteiger partial charge < -0.3 is 4.57 Å². The van der Waals surface area contributed by atoms with Gasteiger partial charge in [-0.15, -0.1) is 0 Å². The molecule has 3 heteroatoms. The number of rotatable bonds is 1. The normalized spacial score (nSPS) is 15.3. The summed E-state index contributed by atoms with van der Waals surface area (Å²) in [7, 11) is 0. The summed E-state index contributed by atoms with van der Waals surface area (Å²) < 4.78 is 2.27. The van der Waals surface area contributed by atoms with Gasteiger partial charge in [-0.3, -0.25) is 0 Å². The number of fused-ring (bicyclic) bond motifs is 1. The van der Waals surface area contributed by atoms with Gasteiger partial charge in [-0.1, -0.05) is 25.4 Å². The average Bonchev–Trinajstić information content (AvgIpc) is 2.64. The topological polar surface area (TPSA) is 17.8 Å². The van der Waals surface area contributed by atoms with Crippen LogP contribution >= 0.6 is 11.6 Å². The average molecular weight is 251 g/mol. The third kappa shape index (κ3) is 2.19. The van der Waals surface area contributed by atoms with Crippen molar-refractivity contribution in [1.29, 1.82) is 0 Å². The summed E-state index contributed by atoms with van der Waals surface area (Å²) in [6.45, 7) is 6.02. The standard InChI is InChI=1S/C12H13ClN2.C2H6/c1-8-5-11-12(6-10(8)13)15(7-14-11)9-3-2-4-9;1-2/h5-7,9H,2-4H2,1H3;1-2H3. The van der Waals surface area contributed by atoms with Gasteiger partial charge in [0.15, 0.2) is 0 Å². The first kappa shape index (κ1) is 12.4. The molecule has 0 amide bonds. The Morgan fingerprint density at radius 1 is 1.29 bits per heavy atom. The fourth-order valence-corrected chi connectivity index (χ4v) is 2.27. The highest BCUT2D eigenvalue weighted by molar-refractivity contribution is 6.32. The van der Waals surface area contributed by atoms with Crippen LogP contribution in [0.4, 0.5) is 0 Å². The molecular formula is C14H19ClN2. The summed E-state index contributed by atoms with van der Waals surface area (Å²) in [6.07, 6.45) is 5.84. The van der Waals surface area contributed by atoms with Crippen molar-refractivity contribution in [2.75, 3.05) is 0 Å². The first-order chi connectivity index (χ1) is 8.25. The minimum atomic E-state index is 0.647. The smallest absolute Gasteiger partial charge is 0.0960 e. The molecule has 0 radical (unpaired) electrons. The van der Waals surface area contributed by atoms with Crippen LogP contribution in [0.25, 0.3) is 11.0 Å². The van der Waals surface area contributed by atoms with E-state index in [1.807, 2.05) is 33.2 Å². The Kier molecular flexibility index (Phi) is 3.72. The minimum Gasteiger partial charge on any atom is -0.327 e. The van der Waals surface area contributed by atoms with Crippen molar-refractivity contribution in [3.63, 3.8) is 0 Å². The molecule has 0 unspecified atom stereocenters. The van der Waals surface area contributed by atoms with Crippen molar-refractivity contribution in [2.24, 2.45) is 0 Å². The van der Waals surface area contributed by atoms with Crippen LogP contribution in [0, 0.1) is 6.92 Å². The molecule has 0 atom stereocenters. The van der Waals surface area contributed by atoms with Crippen molar-refractivity contribution < 1.29 is 0 Å². The molecule has 0 spiro atoms. The largest absolute Gasteiger partial charge is 0.327 e. The summed E-state index contributed by atoms with van der Waals surface area (Å²) in [5, 5.41) is 0.837. The Morgan fingerprint density at radius 2 is 2.00 bits per heavy atom. The SMILES string of the molecule is CC.Cc1cc2ncn(C3CCC3)c2cc1Cl. The van der Waals surface area contributed by atoms with E-state index >= 15 is 0 Å². The van der Waals surface area contributed by atoms with Crippen molar-refractivity contribution in [3.8, 4) is 0 Å². The number of hydrogen-bond acceptors (Lipinski definition) is 1. The fraction of sp³-hybridized carbons (Fsp3) is 0.500. The van der Waals surface area contributed by atoms with Crippen molar-refractivity contribution in [1.82, 2.24) is 9.55 Å². The number of aryl methyl sites for hydroxylation is 1. The number of nitrogens with zero attached hydrogens (tertiary/aromatic N) is 2. The highest BCUT2D eigenvalue weighted by Crippen LogP contribution is 2.34. The highest BCUT2D eigenvalue weighted by Gasteiger charge is 2.21. The molecule has 3 rings (SSSR count). The second-order valence-corrected chi connectivity index (χ2v) is 4.73. The third-order valence-corrected chi connectivity index (χ3v) is 3.73. The van der Waals surface area contributed by atoms with Gasteiger partial charge in [0.25, 0.3) is 0 Å². The maximum Gasteiger partial charge on any atom is 0.0960 e. The van der Waals surface area contributed by atoms with E-state index in [0.29, 0.717) is 6.04 Å². The second-order valence-electron chi connectivity index (χ2n) is 4.33. The van der Waals surface area contributed by atoms with Gasteiger partial charge in [0.2, 0.25) is 0 Å². The van der Waals surface area contributed by atoms with Crippen LogP contribution in [-0.4, -0.2) is 9.55 Å². The Balaban J connectivity index is 0.000000514. The molecule has 1 aromatic heterocycles. The zero-order valence-electron chi connectivity index (χ0n) is 10.7. The predicted octanol–water partition coefficient (Wildman–Crippen LogP) is 4.75. The number of imidazole rings is 1. The lowest BCUT2D eigenvalue weighted by Crippen LogP contribution is -2.15. The summed E-state index contributed by atoms with van der Waals surface area (Å²) in [4.78, 5) is 4.43.